The lowest BCUT2D eigenvalue weighted by atomic mass is 9.99. The minimum Gasteiger partial charge on any atom is -0.419 e. The van der Waals surface area contributed by atoms with Crippen LogP contribution in [0.5, 0.6) is 0 Å². The van der Waals surface area contributed by atoms with Crippen LogP contribution in [0.3, 0.4) is 0 Å². The molecule has 2 aromatic rings. The van der Waals surface area contributed by atoms with Gasteiger partial charge in [-0.25, -0.2) is 8.42 Å². The second-order valence-corrected chi connectivity index (χ2v) is 9.03. The molecule has 1 aromatic heterocycles. The van der Waals surface area contributed by atoms with Crippen molar-refractivity contribution in [1.29, 1.82) is 0 Å². The quantitative estimate of drug-likeness (QED) is 0.449. The SMILES string of the molecule is C=CC=CC/C=C1\CCC(C[C@H](N)c2nnc(-c3ccc(NS(C)(=O)=O)cc3)o2)=CN1.CC. The van der Waals surface area contributed by atoms with Gasteiger partial charge in [-0.15, -0.1) is 10.2 Å². The molecule has 1 aliphatic heterocycles. The third kappa shape index (κ3) is 8.70. The summed E-state index contributed by atoms with van der Waals surface area (Å²) in [5, 5.41) is 11.5. The Balaban J connectivity index is 0.00000187. The van der Waals surface area contributed by atoms with Gasteiger partial charge in [0.25, 0.3) is 0 Å². The molecular formula is C24H33N5O3S. The summed E-state index contributed by atoms with van der Waals surface area (Å²) in [5.41, 5.74) is 9.82. The van der Waals surface area contributed by atoms with Crippen LogP contribution < -0.4 is 15.8 Å². The average molecular weight is 472 g/mol. The van der Waals surface area contributed by atoms with Crippen LogP contribution in [0.25, 0.3) is 11.5 Å². The van der Waals surface area contributed by atoms with Crippen molar-refractivity contribution in [2.75, 3.05) is 11.0 Å². The highest BCUT2D eigenvalue weighted by Gasteiger charge is 2.18. The number of hydrogen-bond donors (Lipinski definition) is 3. The van der Waals surface area contributed by atoms with E-state index >= 15 is 0 Å². The van der Waals surface area contributed by atoms with Crippen molar-refractivity contribution in [2.24, 2.45) is 5.73 Å². The van der Waals surface area contributed by atoms with Gasteiger partial charge >= 0.3 is 0 Å². The van der Waals surface area contributed by atoms with E-state index in [9.17, 15) is 8.42 Å². The van der Waals surface area contributed by atoms with Gasteiger partial charge in [0.1, 0.15) is 0 Å². The number of benzene rings is 1. The molecular weight excluding hydrogens is 438 g/mol. The van der Waals surface area contributed by atoms with Crippen LogP contribution in [0.2, 0.25) is 0 Å². The summed E-state index contributed by atoms with van der Waals surface area (Å²) in [5.74, 6) is 0.704. The maximum Gasteiger partial charge on any atom is 0.247 e. The number of aromatic nitrogens is 2. The molecule has 1 aliphatic rings. The molecule has 33 heavy (non-hydrogen) atoms. The second kappa shape index (κ2) is 12.8. The molecule has 0 bridgehead atoms. The number of nitrogens with one attached hydrogen (secondary N) is 2. The van der Waals surface area contributed by atoms with Crippen LogP contribution in [0.15, 0.2) is 77.0 Å². The Bertz CT molecular complexity index is 1100. The molecule has 1 atom stereocenters. The van der Waals surface area contributed by atoms with Crippen LogP contribution in [0.1, 0.15) is 51.5 Å². The van der Waals surface area contributed by atoms with Crippen LogP contribution in [-0.4, -0.2) is 24.9 Å². The molecule has 0 fully saturated rings. The Morgan fingerprint density at radius 2 is 1.97 bits per heavy atom. The minimum atomic E-state index is -3.33. The zero-order valence-electron chi connectivity index (χ0n) is 19.4. The van der Waals surface area contributed by atoms with Gasteiger partial charge in [0.05, 0.1) is 12.3 Å². The van der Waals surface area contributed by atoms with Gasteiger partial charge < -0.3 is 15.5 Å². The summed E-state index contributed by atoms with van der Waals surface area (Å²) >= 11 is 0. The Labute approximate surface area is 196 Å². The van der Waals surface area contributed by atoms with E-state index < -0.39 is 16.1 Å². The van der Waals surface area contributed by atoms with Crippen molar-refractivity contribution in [2.45, 2.75) is 45.6 Å². The zero-order chi connectivity index (χ0) is 24.3. The Morgan fingerprint density at radius 3 is 2.58 bits per heavy atom. The van der Waals surface area contributed by atoms with E-state index in [1.807, 2.05) is 26.1 Å². The third-order valence-electron chi connectivity index (χ3n) is 4.62. The summed E-state index contributed by atoms with van der Waals surface area (Å²) in [4.78, 5) is 0. The van der Waals surface area contributed by atoms with Crippen molar-refractivity contribution in [3.63, 3.8) is 0 Å². The molecule has 0 unspecified atom stereocenters. The predicted molar refractivity (Wildman–Crippen MR) is 134 cm³/mol. The van der Waals surface area contributed by atoms with Gasteiger partial charge in [-0.05, 0) is 56.1 Å². The monoisotopic (exact) mass is 471 g/mol. The minimum absolute atomic E-state index is 0.338. The molecule has 1 aromatic carbocycles. The highest BCUT2D eigenvalue weighted by molar-refractivity contribution is 7.92. The average Bonchev–Trinajstić information content (AvgIpc) is 3.29. The normalized spacial score (nSPS) is 15.9. The molecule has 3 rings (SSSR count). The molecule has 178 valence electrons. The van der Waals surface area contributed by atoms with Gasteiger partial charge in [-0.2, -0.15) is 0 Å². The van der Waals surface area contributed by atoms with Crippen LogP contribution in [0.4, 0.5) is 5.69 Å². The van der Waals surface area contributed by atoms with Crippen LogP contribution >= 0.6 is 0 Å². The van der Waals surface area contributed by atoms with E-state index in [1.54, 1.807) is 30.3 Å². The fourth-order valence-electron chi connectivity index (χ4n) is 3.11. The number of anilines is 1. The molecule has 0 aliphatic carbocycles. The van der Waals surface area contributed by atoms with E-state index in [4.69, 9.17) is 10.2 Å². The first-order chi connectivity index (χ1) is 15.8. The van der Waals surface area contributed by atoms with Crippen LogP contribution in [0, 0.1) is 0 Å². The topological polar surface area (TPSA) is 123 Å². The van der Waals surface area contributed by atoms with Crippen LogP contribution in [-0.2, 0) is 10.0 Å². The fourth-order valence-corrected chi connectivity index (χ4v) is 3.67. The first-order valence-corrected chi connectivity index (χ1v) is 12.8. The summed E-state index contributed by atoms with van der Waals surface area (Å²) in [6, 6.07) is 6.29. The summed E-state index contributed by atoms with van der Waals surface area (Å²) in [6.45, 7) is 7.66. The number of nitrogens with two attached hydrogens (primary N) is 1. The summed E-state index contributed by atoms with van der Waals surface area (Å²) < 4.78 is 30.8. The molecule has 9 heteroatoms. The zero-order valence-corrected chi connectivity index (χ0v) is 20.2. The molecule has 0 saturated carbocycles. The molecule has 0 radical (unpaired) electrons. The molecule has 4 N–H and O–H groups in total. The predicted octanol–water partition coefficient (Wildman–Crippen LogP) is 4.81. The lowest BCUT2D eigenvalue weighted by Gasteiger charge is -2.19. The lowest BCUT2D eigenvalue weighted by Crippen LogP contribution is -2.17. The van der Waals surface area contributed by atoms with E-state index in [0.717, 1.165) is 25.5 Å². The summed E-state index contributed by atoms with van der Waals surface area (Å²) in [7, 11) is -3.33. The smallest absolute Gasteiger partial charge is 0.247 e. The maximum atomic E-state index is 11.3. The fraction of sp³-hybridized carbons (Fsp3) is 0.333. The number of nitrogens with zero attached hydrogens (tertiary/aromatic N) is 2. The van der Waals surface area contributed by atoms with Crippen molar-refractivity contribution in [3.05, 3.63) is 78.5 Å². The third-order valence-corrected chi connectivity index (χ3v) is 5.23. The van der Waals surface area contributed by atoms with Gasteiger partial charge in [0, 0.05) is 16.9 Å². The number of rotatable bonds is 9. The van der Waals surface area contributed by atoms with E-state index in [-0.39, 0.29) is 0 Å². The van der Waals surface area contributed by atoms with E-state index in [2.05, 4.69) is 39.0 Å². The van der Waals surface area contributed by atoms with Crippen molar-refractivity contribution in [1.82, 2.24) is 15.5 Å². The van der Waals surface area contributed by atoms with Gasteiger partial charge in [0.2, 0.25) is 21.8 Å². The largest absolute Gasteiger partial charge is 0.419 e. The van der Waals surface area contributed by atoms with Crippen molar-refractivity contribution < 1.29 is 12.8 Å². The standard InChI is InChI=1S/C22H27N5O3S.C2H6/c1-3-4-5-6-7-18-11-8-16(15-24-18)14-20(23)22-26-25-21(30-22)17-9-12-19(13-10-17)27-31(2,28)29;1-2/h3-5,7,9-10,12-13,15,20,24,27H,1,6,8,11,14,23H2,2H3;1-2H3/b5-4?,18-7+;/t20-;/m0./s1. The second-order valence-electron chi connectivity index (χ2n) is 7.28. The molecule has 0 spiro atoms. The number of allylic oxidation sites excluding steroid dienone is 5. The Kier molecular flexibility index (Phi) is 10.1. The molecule has 2 heterocycles. The van der Waals surface area contributed by atoms with E-state index in [0.29, 0.717) is 29.5 Å². The van der Waals surface area contributed by atoms with Gasteiger partial charge in [0.15, 0.2) is 0 Å². The van der Waals surface area contributed by atoms with Gasteiger partial charge in [-0.3, -0.25) is 4.72 Å². The maximum absolute atomic E-state index is 11.3. The first-order valence-electron chi connectivity index (χ1n) is 10.9. The van der Waals surface area contributed by atoms with Crippen molar-refractivity contribution in [3.8, 4) is 11.5 Å². The van der Waals surface area contributed by atoms with E-state index in [1.165, 1.54) is 11.3 Å². The number of hydrogen-bond acceptors (Lipinski definition) is 7. The Morgan fingerprint density at radius 1 is 1.24 bits per heavy atom. The molecule has 0 amide bonds. The first kappa shape index (κ1) is 26.1. The lowest BCUT2D eigenvalue weighted by molar-refractivity contribution is 0.453. The number of sulfonamides is 1. The molecule has 0 saturated heterocycles. The molecule has 8 nitrogen and oxygen atoms in total. The van der Waals surface area contributed by atoms with Crippen molar-refractivity contribution >= 4 is 15.7 Å². The highest BCUT2D eigenvalue weighted by atomic mass is 32.2. The van der Waals surface area contributed by atoms with Gasteiger partial charge in [-0.1, -0.05) is 50.3 Å². The Hall–Kier alpha value is -3.17. The highest BCUT2D eigenvalue weighted by Crippen LogP contribution is 2.27. The summed E-state index contributed by atoms with van der Waals surface area (Å²) in [6.07, 6.45) is 14.4.